The summed E-state index contributed by atoms with van der Waals surface area (Å²) in [6.45, 7) is 0. The highest BCUT2D eigenvalue weighted by atomic mass is 19.1. The lowest BCUT2D eigenvalue weighted by molar-refractivity contribution is 0.0696. The number of hydrogen-bond donors (Lipinski definition) is 2. The molecule has 0 atom stereocenters. The molecule has 0 bridgehead atoms. The Morgan fingerprint density at radius 1 is 0.962 bits per heavy atom. The summed E-state index contributed by atoms with van der Waals surface area (Å²) in [7, 11) is 0. The van der Waals surface area contributed by atoms with Crippen LogP contribution in [0, 0.1) is 5.82 Å². The highest BCUT2D eigenvalue weighted by molar-refractivity contribution is 5.91. The Balaban J connectivity index is 1.87. The number of H-pyrrole nitrogens is 1. The minimum atomic E-state index is -0.948. The third-order valence-corrected chi connectivity index (χ3v) is 4.49. The Kier molecular flexibility index (Phi) is 4.01. The second-order valence-corrected chi connectivity index (χ2v) is 6.22. The highest BCUT2D eigenvalue weighted by Crippen LogP contribution is 2.32. The van der Waals surface area contributed by atoms with Crippen LogP contribution in [0.1, 0.15) is 21.5 Å². The maximum absolute atomic E-state index is 13.7. The molecule has 26 heavy (non-hydrogen) atoms. The lowest BCUT2D eigenvalue weighted by Gasteiger charge is -2.07. The van der Waals surface area contributed by atoms with Gasteiger partial charge < -0.3 is 10.1 Å². The van der Waals surface area contributed by atoms with Gasteiger partial charge >= 0.3 is 5.97 Å². The number of hydrogen-bond acceptors (Lipinski definition) is 1. The molecule has 4 rings (SSSR count). The number of carboxylic acid groups (broad SMARTS) is 1. The Labute approximate surface area is 149 Å². The first-order valence-corrected chi connectivity index (χ1v) is 8.29. The molecule has 1 aromatic heterocycles. The Morgan fingerprint density at radius 2 is 1.77 bits per heavy atom. The fraction of sp³-hybridized carbons (Fsp3) is 0.0455. The molecule has 0 spiro atoms. The van der Waals surface area contributed by atoms with Gasteiger partial charge in [-0.15, -0.1) is 0 Å². The second-order valence-electron chi connectivity index (χ2n) is 6.22. The number of carboxylic acids is 1. The van der Waals surface area contributed by atoms with Crippen LogP contribution in [0.2, 0.25) is 0 Å². The van der Waals surface area contributed by atoms with Crippen LogP contribution in [0.25, 0.3) is 22.2 Å². The quantitative estimate of drug-likeness (QED) is 0.530. The number of carbonyl (C=O) groups is 1. The van der Waals surface area contributed by atoms with E-state index in [1.54, 1.807) is 24.3 Å². The van der Waals surface area contributed by atoms with Crippen molar-refractivity contribution in [2.45, 2.75) is 6.42 Å². The standard InChI is InChI=1S/C22H16FNO2/c23-17-9-10-18-19(12-14-5-4-8-16(11-14)22(25)26)21(24-20(18)13-17)15-6-2-1-3-7-15/h1-11,13,24H,12H2,(H,25,26). The molecule has 4 aromatic rings. The smallest absolute Gasteiger partial charge is 0.335 e. The molecule has 0 amide bonds. The van der Waals surface area contributed by atoms with Gasteiger partial charge in [0, 0.05) is 17.3 Å². The highest BCUT2D eigenvalue weighted by Gasteiger charge is 2.15. The van der Waals surface area contributed by atoms with E-state index in [0.29, 0.717) is 6.42 Å². The number of rotatable bonds is 4. The fourth-order valence-electron chi connectivity index (χ4n) is 3.28. The van der Waals surface area contributed by atoms with Crippen molar-refractivity contribution >= 4 is 16.9 Å². The van der Waals surface area contributed by atoms with Gasteiger partial charge in [0.25, 0.3) is 0 Å². The molecule has 0 aliphatic carbocycles. The number of fused-ring (bicyclic) bond motifs is 1. The number of benzene rings is 3. The summed E-state index contributed by atoms with van der Waals surface area (Å²) >= 11 is 0. The zero-order valence-electron chi connectivity index (χ0n) is 13.9. The van der Waals surface area contributed by atoms with Gasteiger partial charge in [0.15, 0.2) is 0 Å². The van der Waals surface area contributed by atoms with Crippen LogP contribution >= 0.6 is 0 Å². The first-order chi connectivity index (χ1) is 12.6. The first-order valence-electron chi connectivity index (χ1n) is 8.29. The molecular formula is C22H16FNO2. The van der Waals surface area contributed by atoms with Crippen LogP contribution in [0.15, 0.2) is 72.8 Å². The van der Waals surface area contributed by atoms with E-state index in [4.69, 9.17) is 0 Å². The zero-order chi connectivity index (χ0) is 18.1. The molecule has 0 unspecified atom stereocenters. The number of aromatic nitrogens is 1. The molecule has 0 aliphatic heterocycles. The summed E-state index contributed by atoms with van der Waals surface area (Å²) in [4.78, 5) is 14.6. The topological polar surface area (TPSA) is 53.1 Å². The molecule has 0 radical (unpaired) electrons. The van der Waals surface area contributed by atoms with Crippen molar-refractivity contribution in [1.82, 2.24) is 4.98 Å². The average Bonchev–Trinajstić information content (AvgIpc) is 3.00. The van der Waals surface area contributed by atoms with Crippen LogP contribution in [0.4, 0.5) is 4.39 Å². The third-order valence-electron chi connectivity index (χ3n) is 4.49. The summed E-state index contributed by atoms with van der Waals surface area (Å²) in [6, 6.07) is 21.5. The van der Waals surface area contributed by atoms with E-state index < -0.39 is 5.97 Å². The van der Waals surface area contributed by atoms with Gasteiger partial charge in [-0.25, -0.2) is 9.18 Å². The first kappa shape index (κ1) is 16.1. The van der Waals surface area contributed by atoms with E-state index >= 15 is 0 Å². The van der Waals surface area contributed by atoms with Crippen molar-refractivity contribution in [1.29, 1.82) is 0 Å². The van der Waals surface area contributed by atoms with Gasteiger partial charge in [0.05, 0.1) is 11.3 Å². The predicted molar refractivity (Wildman–Crippen MR) is 99.9 cm³/mol. The minimum Gasteiger partial charge on any atom is -0.478 e. The normalized spacial score (nSPS) is 11.0. The summed E-state index contributed by atoms with van der Waals surface area (Å²) < 4.78 is 13.7. The van der Waals surface area contributed by atoms with Crippen LogP contribution < -0.4 is 0 Å². The largest absolute Gasteiger partial charge is 0.478 e. The predicted octanol–water partition coefficient (Wildman–Crippen LogP) is 5.26. The van der Waals surface area contributed by atoms with Crippen LogP contribution in [-0.2, 0) is 6.42 Å². The van der Waals surface area contributed by atoms with Gasteiger partial charge in [0.1, 0.15) is 5.82 Å². The van der Waals surface area contributed by atoms with Crippen molar-refractivity contribution in [2.75, 3.05) is 0 Å². The maximum Gasteiger partial charge on any atom is 0.335 e. The van der Waals surface area contributed by atoms with Crippen molar-refractivity contribution in [3.63, 3.8) is 0 Å². The van der Waals surface area contributed by atoms with Crippen molar-refractivity contribution in [2.24, 2.45) is 0 Å². The van der Waals surface area contributed by atoms with Gasteiger partial charge in [-0.05, 0) is 47.0 Å². The van der Waals surface area contributed by atoms with Crippen LogP contribution in [-0.4, -0.2) is 16.1 Å². The number of nitrogens with one attached hydrogen (secondary N) is 1. The van der Waals surface area contributed by atoms with Gasteiger partial charge in [-0.3, -0.25) is 0 Å². The minimum absolute atomic E-state index is 0.259. The number of aromatic amines is 1. The summed E-state index contributed by atoms with van der Waals surface area (Å²) in [5.41, 5.74) is 4.84. The monoisotopic (exact) mass is 345 g/mol. The van der Waals surface area contributed by atoms with E-state index in [2.05, 4.69) is 4.98 Å². The van der Waals surface area contributed by atoms with E-state index in [0.717, 1.165) is 33.3 Å². The van der Waals surface area contributed by atoms with Gasteiger partial charge in [-0.1, -0.05) is 42.5 Å². The number of aromatic carboxylic acids is 1. The molecule has 0 fully saturated rings. The number of halogens is 1. The van der Waals surface area contributed by atoms with Crippen LogP contribution in [0.5, 0.6) is 0 Å². The molecular weight excluding hydrogens is 329 g/mol. The average molecular weight is 345 g/mol. The van der Waals surface area contributed by atoms with Crippen molar-refractivity contribution in [3.8, 4) is 11.3 Å². The zero-order valence-corrected chi connectivity index (χ0v) is 13.9. The SMILES string of the molecule is O=C(O)c1cccc(Cc2c(-c3ccccc3)[nH]c3cc(F)ccc23)c1. The lowest BCUT2D eigenvalue weighted by Crippen LogP contribution is -1.98. The molecule has 0 aliphatic rings. The van der Waals surface area contributed by atoms with Crippen LogP contribution in [0.3, 0.4) is 0 Å². The summed E-state index contributed by atoms with van der Waals surface area (Å²) in [6.07, 6.45) is 0.553. The molecule has 4 heteroatoms. The molecule has 0 saturated heterocycles. The Bertz CT molecular complexity index is 1100. The molecule has 3 aromatic carbocycles. The summed E-state index contributed by atoms with van der Waals surface area (Å²) in [5, 5.41) is 10.2. The van der Waals surface area contributed by atoms with E-state index in [1.807, 2.05) is 36.4 Å². The fourth-order valence-corrected chi connectivity index (χ4v) is 3.28. The second kappa shape index (κ2) is 6.48. The maximum atomic E-state index is 13.7. The Hall–Kier alpha value is -3.40. The summed E-state index contributed by atoms with van der Waals surface area (Å²) in [5.74, 6) is -1.24. The third kappa shape index (κ3) is 2.97. The van der Waals surface area contributed by atoms with E-state index in [-0.39, 0.29) is 11.4 Å². The molecule has 3 nitrogen and oxygen atoms in total. The van der Waals surface area contributed by atoms with Gasteiger partial charge in [-0.2, -0.15) is 0 Å². The Morgan fingerprint density at radius 3 is 2.54 bits per heavy atom. The van der Waals surface area contributed by atoms with Crippen molar-refractivity contribution in [3.05, 3.63) is 95.3 Å². The molecule has 128 valence electrons. The van der Waals surface area contributed by atoms with E-state index in [1.165, 1.54) is 12.1 Å². The molecule has 2 N–H and O–H groups in total. The van der Waals surface area contributed by atoms with E-state index in [9.17, 15) is 14.3 Å². The molecule has 1 heterocycles. The lowest BCUT2D eigenvalue weighted by atomic mass is 9.97. The van der Waals surface area contributed by atoms with Gasteiger partial charge in [0.2, 0.25) is 0 Å². The van der Waals surface area contributed by atoms with Crippen molar-refractivity contribution < 1.29 is 14.3 Å². The molecule has 0 saturated carbocycles.